The van der Waals surface area contributed by atoms with Crippen molar-refractivity contribution < 1.29 is 4.79 Å². The topological polar surface area (TPSA) is 52.9 Å². The number of rotatable bonds is 4. The number of carbonyl (C=O) groups is 1. The summed E-state index contributed by atoms with van der Waals surface area (Å²) in [7, 11) is 0. The van der Waals surface area contributed by atoms with E-state index in [4.69, 9.17) is 0 Å². The molecule has 0 heterocycles. The lowest BCUT2D eigenvalue weighted by molar-refractivity contribution is -0.129. The predicted molar refractivity (Wildman–Crippen MR) is 70.6 cm³/mol. The number of nitrogens with zero attached hydrogens (tertiary/aromatic N) is 1. The number of amides is 1. The molecule has 0 radical (unpaired) electrons. The molecule has 1 amide bonds. The third-order valence-electron chi connectivity index (χ3n) is 4.62. The molecule has 0 spiro atoms. The van der Waals surface area contributed by atoms with Gasteiger partial charge < -0.3 is 5.32 Å². The van der Waals surface area contributed by atoms with Crippen LogP contribution in [-0.4, -0.2) is 12.5 Å². The Bertz CT molecular complexity index is 333. The van der Waals surface area contributed by atoms with Gasteiger partial charge in [0.25, 0.3) is 0 Å². The van der Waals surface area contributed by atoms with Gasteiger partial charge >= 0.3 is 0 Å². The van der Waals surface area contributed by atoms with Crippen molar-refractivity contribution in [1.29, 1.82) is 5.26 Å². The van der Waals surface area contributed by atoms with E-state index in [0.717, 1.165) is 51.0 Å². The van der Waals surface area contributed by atoms with Crippen molar-refractivity contribution in [3.05, 3.63) is 0 Å². The average Bonchev–Trinajstić information content (AvgIpc) is 3.21. The molecule has 2 fully saturated rings. The predicted octanol–water partition coefficient (Wildman–Crippen LogP) is 3.01. The summed E-state index contributed by atoms with van der Waals surface area (Å²) in [5.41, 5.74) is -0.736. The molecule has 100 valence electrons. The van der Waals surface area contributed by atoms with Gasteiger partial charge in [0.15, 0.2) is 0 Å². The van der Waals surface area contributed by atoms with Crippen LogP contribution in [0.3, 0.4) is 0 Å². The van der Waals surface area contributed by atoms with Crippen LogP contribution in [0, 0.1) is 28.6 Å². The molecule has 0 bridgehead atoms. The maximum absolute atomic E-state index is 12.3. The molecule has 2 saturated carbocycles. The van der Waals surface area contributed by atoms with Gasteiger partial charge in [-0.05, 0) is 37.5 Å². The summed E-state index contributed by atoms with van der Waals surface area (Å²) in [6.07, 6.45) is 8.45. The van der Waals surface area contributed by atoms with E-state index in [1.807, 2.05) is 0 Å². The Labute approximate surface area is 110 Å². The van der Waals surface area contributed by atoms with E-state index in [2.05, 4.69) is 18.3 Å². The molecule has 0 aromatic rings. The third kappa shape index (κ3) is 3.04. The van der Waals surface area contributed by atoms with Crippen molar-refractivity contribution in [3.63, 3.8) is 0 Å². The highest BCUT2D eigenvalue weighted by Crippen LogP contribution is 2.37. The molecule has 0 aromatic carbocycles. The number of hydrogen-bond acceptors (Lipinski definition) is 2. The van der Waals surface area contributed by atoms with Crippen LogP contribution in [0.2, 0.25) is 0 Å². The second-order valence-electron chi connectivity index (χ2n) is 6.13. The van der Waals surface area contributed by atoms with Crippen molar-refractivity contribution in [2.75, 3.05) is 6.54 Å². The third-order valence-corrected chi connectivity index (χ3v) is 4.62. The van der Waals surface area contributed by atoms with Crippen LogP contribution >= 0.6 is 0 Å². The molecule has 2 rings (SSSR count). The zero-order chi connectivity index (χ0) is 13.0. The average molecular weight is 248 g/mol. The minimum Gasteiger partial charge on any atom is -0.354 e. The van der Waals surface area contributed by atoms with Gasteiger partial charge in [0.05, 0.1) is 6.07 Å². The molecule has 3 heteroatoms. The zero-order valence-electron chi connectivity index (χ0n) is 11.4. The van der Waals surface area contributed by atoms with Crippen LogP contribution in [-0.2, 0) is 4.79 Å². The van der Waals surface area contributed by atoms with E-state index in [1.54, 1.807) is 0 Å². The lowest BCUT2D eigenvalue weighted by Crippen LogP contribution is -2.41. The number of carbonyl (C=O) groups excluding carboxylic acids is 1. The quantitative estimate of drug-likeness (QED) is 0.777. The highest BCUT2D eigenvalue weighted by atomic mass is 16.2. The Morgan fingerprint density at radius 1 is 1.33 bits per heavy atom. The van der Waals surface area contributed by atoms with Gasteiger partial charge in [0.1, 0.15) is 5.41 Å². The molecule has 18 heavy (non-hydrogen) atoms. The summed E-state index contributed by atoms with van der Waals surface area (Å²) in [6.45, 7) is 2.94. The van der Waals surface area contributed by atoms with Gasteiger partial charge in [-0.2, -0.15) is 5.26 Å². The Hall–Kier alpha value is -1.04. The molecule has 1 N–H and O–H groups in total. The normalized spacial score (nSPS) is 24.7. The van der Waals surface area contributed by atoms with Gasteiger partial charge in [0.2, 0.25) is 5.91 Å². The molecule has 3 nitrogen and oxygen atoms in total. The fourth-order valence-electron chi connectivity index (χ4n) is 2.98. The molecule has 2 aliphatic carbocycles. The molecule has 1 unspecified atom stereocenters. The van der Waals surface area contributed by atoms with E-state index in [1.165, 1.54) is 12.8 Å². The number of hydrogen-bond donors (Lipinski definition) is 1. The summed E-state index contributed by atoms with van der Waals surface area (Å²) in [4.78, 5) is 12.3. The van der Waals surface area contributed by atoms with Crippen LogP contribution in [0.1, 0.15) is 58.3 Å². The first kappa shape index (κ1) is 13.4. The number of nitrogens with one attached hydrogen (secondary N) is 1. The standard InChI is InChI=1S/C15H24N2O/c1-12(13-6-7-13)10-17-14(18)15(11-16)8-4-2-3-5-9-15/h12-13H,2-10H2,1H3,(H,17,18). The fraction of sp³-hybridized carbons (Fsp3) is 0.867. The summed E-state index contributed by atoms with van der Waals surface area (Å²) in [6, 6.07) is 2.31. The van der Waals surface area contributed by atoms with E-state index < -0.39 is 5.41 Å². The maximum atomic E-state index is 12.3. The van der Waals surface area contributed by atoms with Crippen LogP contribution in [0.25, 0.3) is 0 Å². The van der Waals surface area contributed by atoms with E-state index in [0.29, 0.717) is 5.92 Å². The van der Waals surface area contributed by atoms with Gasteiger partial charge in [-0.3, -0.25) is 4.79 Å². The Morgan fingerprint density at radius 3 is 2.44 bits per heavy atom. The highest BCUT2D eigenvalue weighted by molar-refractivity contribution is 5.85. The molecule has 0 saturated heterocycles. The van der Waals surface area contributed by atoms with Gasteiger partial charge in [-0.1, -0.05) is 32.6 Å². The summed E-state index contributed by atoms with van der Waals surface area (Å²) in [5.74, 6) is 1.35. The van der Waals surface area contributed by atoms with Crippen molar-refractivity contribution in [3.8, 4) is 6.07 Å². The van der Waals surface area contributed by atoms with Crippen molar-refractivity contribution in [1.82, 2.24) is 5.32 Å². The summed E-state index contributed by atoms with van der Waals surface area (Å²) in [5, 5.41) is 12.4. The largest absolute Gasteiger partial charge is 0.354 e. The first-order valence-corrected chi connectivity index (χ1v) is 7.37. The van der Waals surface area contributed by atoms with Crippen LogP contribution in [0.5, 0.6) is 0 Å². The SMILES string of the molecule is CC(CNC(=O)C1(C#N)CCCCCC1)C1CC1. The second-order valence-corrected chi connectivity index (χ2v) is 6.13. The first-order valence-electron chi connectivity index (χ1n) is 7.37. The van der Waals surface area contributed by atoms with Gasteiger partial charge in [0, 0.05) is 6.54 Å². The molecular formula is C15H24N2O. The molecule has 2 aliphatic rings. The number of nitriles is 1. The van der Waals surface area contributed by atoms with Crippen molar-refractivity contribution in [2.24, 2.45) is 17.3 Å². The van der Waals surface area contributed by atoms with E-state index in [9.17, 15) is 10.1 Å². The second kappa shape index (κ2) is 5.73. The summed E-state index contributed by atoms with van der Waals surface area (Å²) < 4.78 is 0. The smallest absolute Gasteiger partial charge is 0.240 e. The Kier molecular flexibility index (Phi) is 4.27. The monoisotopic (exact) mass is 248 g/mol. The van der Waals surface area contributed by atoms with Crippen molar-refractivity contribution >= 4 is 5.91 Å². The molecular weight excluding hydrogens is 224 g/mol. The Morgan fingerprint density at radius 2 is 1.94 bits per heavy atom. The lowest BCUT2D eigenvalue weighted by Gasteiger charge is -2.24. The van der Waals surface area contributed by atoms with Crippen LogP contribution < -0.4 is 5.32 Å². The lowest BCUT2D eigenvalue weighted by atomic mass is 9.81. The van der Waals surface area contributed by atoms with Crippen LogP contribution in [0.4, 0.5) is 0 Å². The summed E-state index contributed by atoms with van der Waals surface area (Å²) >= 11 is 0. The minimum absolute atomic E-state index is 0.0144. The fourth-order valence-corrected chi connectivity index (χ4v) is 2.98. The molecule has 0 aliphatic heterocycles. The molecule has 1 atom stereocenters. The van der Waals surface area contributed by atoms with Crippen molar-refractivity contribution in [2.45, 2.75) is 58.3 Å². The molecule has 0 aromatic heterocycles. The van der Waals surface area contributed by atoms with Crippen LogP contribution in [0.15, 0.2) is 0 Å². The minimum atomic E-state index is -0.736. The van der Waals surface area contributed by atoms with Gasteiger partial charge in [-0.15, -0.1) is 0 Å². The zero-order valence-corrected chi connectivity index (χ0v) is 11.4. The van der Waals surface area contributed by atoms with E-state index >= 15 is 0 Å². The first-order chi connectivity index (χ1) is 8.68. The maximum Gasteiger partial charge on any atom is 0.240 e. The van der Waals surface area contributed by atoms with Gasteiger partial charge in [-0.25, -0.2) is 0 Å². The van der Waals surface area contributed by atoms with E-state index in [-0.39, 0.29) is 5.91 Å². The highest BCUT2D eigenvalue weighted by Gasteiger charge is 2.39. The Balaban J connectivity index is 1.89.